The summed E-state index contributed by atoms with van der Waals surface area (Å²) in [5.74, 6) is 0.203. The maximum atomic E-state index is 12.4. The molecule has 6 nitrogen and oxygen atoms in total. The number of sulfonamides is 1. The van der Waals surface area contributed by atoms with E-state index in [1.54, 1.807) is 30.3 Å². The van der Waals surface area contributed by atoms with Gasteiger partial charge in [-0.05, 0) is 36.7 Å². The minimum Gasteiger partial charge on any atom is -0.313 e. The van der Waals surface area contributed by atoms with Gasteiger partial charge in [0.25, 0.3) is 10.0 Å². The Balaban J connectivity index is 2.23. The van der Waals surface area contributed by atoms with Crippen molar-refractivity contribution in [1.82, 2.24) is 15.5 Å². The summed E-state index contributed by atoms with van der Waals surface area (Å²) in [5, 5.41) is 10.6. The molecule has 0 fully saturated rings. The average molecular weight is 306 g/mol. The molecule has 112 valence electrons. The Hall–Kier alpha value is -1.99. The van der Waals surface area contributed by atoms with Gasteiger partial charge in [-0.25, -0.2) is 8.42 Å². The van der Waals surface area contributed by atoms with Gasteiger partial charge >= 0.3 is 0 Å². The number of benzene rings is 1. The van der Waals surface area contributed by atoms with Crippen molar-refractivity contribution in [2.24, 2.45) is 0 Å². The van der Waals surface area contributed by atoms with Crippen LogP contribution in [0.5, 0.6) is 0 Å². The zero-order chi connectivity index (χ0) is 15.1. The lowest BCUT2D eigenvalue weighted by atomic mass is 10.2. The fourth-order valence-corrected chi connectivity index (χ4v) is 3.10. The third-order valence-electron chi connectivity index (χ3n) is 2.82. The van der Waals surface area contributed by atoms with Crippen molar-refractivity contribution in [2.75, 3.05) is 11.3 Å². The average Bonchev–Trinajstić information content (AvgIpc) is 2.48. The van der Waals surface area contributed by atoms with Gasteiger partial charge in [0.05, 0.1) is 4.90 Å². The van der Waals surface area contributed by atoms with Crippen molar-refractivity contribution in [3.8, 4) is 0 Å². The molecule has 0 atom stereocenters. The SMILES string of the molecule is CCCNCc1ccccc1S(=O)(=O)Nc1cccnn1. The number of anilines is 1. The summed E-state index contributed by atoms with van der Waals surface area (Å²) in [6.45, 7) is 3.41. The molecule has 0 amide bonds. The molecule has 0 spiro atoms. The number of nitrogens with zero attached hydrogens (tertiary/aromatic N) is 2. The highest BCUT2D eigenvalue weighted by Crippen LogP contribution is 2.18. The molecule has 21 heavy (non-hydrogen) atoms. The first kappa shape index (κ1) is 15.4. The van der Waals surface area contributed by atoms with Gasteiger partial charge in [-0.15, -0.1) is 5.10 Å². The monoisotopic (exact) mass is 306 g/mol. The lowest BCUT2D eigenvalue weighted by Gasteiger charge is -2.12. The van der Waals surface area contributed by atoms with Crippen molar-refractivity contribution in [2.45, 2.75) is 24.8 Å². The van der Waals surface area contributed by atoms with Gasteiger partial charge in [-0.1, -0.05) is 25.1 Å². The second kappa shape index (κ2) is 7.14. The molecular weight excluding hydrogens is 288 g/mol. The van der Waals surface area contributed by atoms with Gasteiger partial charge in [-0.2, -0.15) is 5.10 Å². The molecule has 0 aliphatic rings. The zero-order valence-corrected chi connectivity index (χ0v) is 12.6. The quantitative estimate of drug-likeness (QED) is 0.762. The molecule has 1 aromatic heterocycles. The van der Waals surface area contributed by atoms with Crippen LogP contribution in [0, 0.1) is 0 Å². The van der Waals surface area contributed by atoms with Crippen LogP contribution in [0.15, 0.2) is 47.5 Å². The first-order valence-corrected chi connectivity index (χ1v) is 8.21. The summed E-state index contributed by atoms with van der Waals surface area (Å²) in [6.07, 6.45) is 2.48. The van der Waals surface area contributed by atoms with E-state index in [1.807, 2.05) is 6.07 Å². The zero-order valence-electron chi connectivity index (χ0n) is 11.8. The largest absolute Gasteiger partial charge is 0.313 e. The molecular formula is C14H18N4O2S. The Morgan fingerprint density at radius 3 is 2.67 bits per heavy atom. The van der Waals surface area contributed by atoms with E-state index in [9.17, 15) is 8.42 Å². The molecule has 0 bridgehead atoms. The lowest BCUT2D eigenvalue weighted by molar-refractivity contribution is 0.597. The third-order valence-corrected chi connectivity index (χ3v) is 4.27. The van der Waals surface area contributed by atoms with E-state index < -0.39 is 10.0 Å². The highest BCUT2D eigenvalue weighted by atomic mass is 32.2. The summed E-state index contributed by atoms with van der Waals surface area (Å²) < 4.78 is 27.3. The summed E-state index contributed by atoms with van der Waals surface area (Å²) in [4.78, 5) is 0.249. The topological polar surface area (TPSA) is 84.0 Å². The molecule has 2 N–H and O–H groups in total. The Kier molecular flexibility index (Phi) is 5.24. The predicted octanol–water partition coefficient (Wildman–Crippen LogP) is 1.78. The Bertz CT molecular complexity index is 674. The highest BCUT2D eigenvalue weighted by Gasteiger charge is 2.18. The van der Waals surface area contributed by atoms with E-state index >= 15 is 0 Å². The minimum atomic E-state index is -3.67. The Labute approximate surface area is 124 Å². The van der Waals surface area contributed by atoms with Crippen LogP contribution >= 0.6 is 0 Å². The first-order chi connectivity index (χ1) is 10.1. The number of hydrogen-bond acceptors (Lipinski definition) is 5. The summed E-state index contributed by atoms with van der Waals surface area (Å²) in [5.41, 5.74) is 0.724. The van der Waals surface area contributed by atoms with Crippen LogP contribution in [0.4, 0.5) is 5.82 Å². The van der Waals surface area contributed by atoms with Gasteiger partial charge in [0, 0.05) is 12.7 Å². The van der Waals surface area contributed by atoms with Crippen LogP contribution in [-0.4, -0.2) is 25.2 Å². The van der Waals surface area contributed by atoms with E-state index in [4.69, 9.17) is 0 Å². The second-order valence-electron chi connectivity index (χ2n) is 4.50. The third kappa shape index (κ3) is 4.24. The second-order valence-corrected chi connectivity index (χ2v) is 6.15. The molecule has 0 saturated heterocycles. The van der Waals surface area contributed by atoms with Gasteiger partial charge in [0.1, 0.15) is 0 Å². The smallest absolute Gasteiger partial charge is 0.263 e. The molecule has 0 saturated carbocycles. The molecule has 0 unspecified atom stereocenters. The fourth-order valence-electron chi connectivity index (χ4n) is 1.86. The Morgan fingerprint density at radius 1 is 1.14 bits per heavy atom. The van der Waals surface area contributed by atoms with Crippen LogP contribution < -0.4 is 10.0 Å². The first-order valence-electron chi connectivity index (χ1n) is 6.72. The lowest BCUT2D eigenvalue weighted by Crippen LogP contribution is -2.20. The van der Waals surface area contributed by atoms with Gasteiger partial charge in [-0.3, -0.25) is 4.72 Å². The Morgan fingerprint density at radius 2 is 1.95 bits per heavy atom. The molecule has 1 heterocycles. The van der Waals surface area contributed by atoms with E-state index in [0.29, 0.717) is 6.54 Å². The van der Waals surface area contributed by atoms with Gasteiger partial charge < -0.3 is 5.32 Å². The molecule has 1 aromatic carbocycles. The van der Waals surface area contributed by atoms with Crippen molar-refractivity contribution in [1.29, 1.82) is 0 Å². The maximum Gasteiger partial charge on any atom is 0.263 e. The molecule has 0 aliphatic carbocycles. The fraction of sp³-hybridized carbons (Fsp3) is 0.286. The summed E-state index contributed by atoms with van der Waals surface area (Å²) >= 11 is 0. The van der Waals surface area contributed by atoms with Crippen molar-refractivity contribution in [3.05, 3.63) is 48.2 Å². The number of rotatable bonds is 7. The van der Waals surface area contributed by atoms with Crippen molar-refractivity contribution >= 4 is 15.8 Å². The number of hydrogen-bond donors (Lipinski definition) is 2. The van der Waals surface area contributed by atoms with Gasteiger partial charge in [0.15, 0.2) is 5.82 Å². The molecule has 0 aliphatic heterocycles. The van der Waals surface area contributed by atoms with E-state index in [1.165, 1.54) is 6.20 Å². The van der Waals surface area contributed by atoms with Crippen molar-refractivity contribution in [3.63, 3.8) is 0 Å². The molecule has 2 aromatic rings. The number of aromatic nitrogens is 2. The standard InChI is InChI=1S/C14H18N4O2S/c1-2-9-15-11-12-6-3-4-7-13(12)21(19,20)18-14-8-5-10-16-17-14/h3-8,10,15H,2,9,11H2,1H3,(H,17,18). The predicted molar refractivity (Wildman–Crippen MR) is 81.3 cm³/mol. The summed E-state index contributed by atoms with van der Waals surface area (Å²) in [6, 6.07) is 10.1. The van der Waals surface area contributed by atoms with Crippen LogP contribution in [0.25, 0.3) is 0 Å². The van der Waals surface area contributed by atoms with Crippen LogP contribution in [0.3, 0.4) is 0 Å². The molecule has 2 rings (SSSR count). The minimum absolute atomic E-state index is 0.203. The van der Waals surface area contributed by atoms with Crippen LogP contribution in [0.1, 0.15) is 18.9 Å². The highest BCUT2D eigenvalue weighted by molar-refractivity contribution is 7.92. The van der Waals surface area contributed by atoms with E-state index in [0.717, 1.165) is 18.5 Å². The van der Waals surface area contributed by atoms with Crippen LogP contribution in [-0.2, 0) is 16.6 Å². The summed E-state index contributed by atoms with van der Waals surface area (Å²) in [7, 11) is -3.67. The molecule has 7 heteroatoms. The van der Waals surface area contributed by atoms with E-state index in [-0.39, 0.29) is 10.7 Å². The molecule has 0 radical (unpaired) electrons. The van der Waals surface area contributed by atoms with Crippen LogP contribution in [0.2, 0.25) is 0 Å². The normalized spacial score (nSPS) is 11.3. The maximum absolute atomic E-state index is 12.4. The van der Waals surface area contributed by atoms with E-state index in [2.05, 4.69) is 27.2 Å². The van der Waals surface area contributed by atoms with Gasteiger partial charge in [0.2, 0.25) is 0 Å². The van der Waals surface area contributed by atoms with Crippen molar-refractivity contribution < 1.29 is 8.42 Å². The number of nitrogens with one attached hydrogen (secondary N) is 2.